The Morgan fingerprint density at radius 1 is 1.23 bits per heavy atom. The minimum atomic E-state index is 0.703. The number of hydrogen-bond donors (Lipinski definition) is 0. The van der Waals surface area contributed by atoms with Crippen molar-refractivity contribution in [3.05, 3.63) is 35.3 Å². The highest BCUT2D eigenvalue weighted by Gasteiger charge is 2.23. The summed E-state index contributed by atoms with van der Waals surface area (Å²) in [5.74, 6) is 1.86. The molecule has 0 unspecified atom stereocenters. The van der Waals surface area contributed by atoms with Gasteiger partial charge in [0.15, 0.2) is 0 Å². The normalized spacial score (nSPS) is 14.5. The van der Waals surface area contributed by atoms with Gasteiger partial charge in [-0.15, -0.1) is 11.3 Å². The van der Waals surface area contributed by atoms with Crippen molar-refractivity contribution in [3.63, 3.8) is 0 Å². The molecule has 1 aromatic carbocycles. The molecule has 118 valence electrons. The van der Waals surface area contributed by atoms with Crippen LogP contribution in [0.5, 0.6) is 5.75 Å². The van der Waals surface area contributed by atoms with E-state index in [1.165, 1.54) is 30.6 Å². The number of nitrogens with zero attached hydrogens (tertiary/aromatic N) is 2. The third-order valence-electron chi connectivity index (χ3n) is 4.01. The molecule has 1 aliphatic rings. The first kappa shape index (κ1) is 15.5. The summed E-state index contributed by atoms with van der Waals surface area (Å²) in [5.41, 5.74) is 2.36. The van der Waals surface area contributed by atoms with E-state index in [1.54, 1.807) is 11.3 Å². The van der Waals surface area contributed by atoms with Crippen LogP contribution in [0, 0.1) is 5.92 Å². The Balaban J connectivity index is 1.64. The number of hydrogen-bond acceptors (Lipinski definition) is 4. The molecule has 3 nitrogen and oxygen atoms in total. The number of aromatic nitrogens is 1. The second-order valence-electron chi connectivity index (χ2n) is 5.87. The summed E-state index contributed by atoms with van der Waals surface area (Å²) in [6.07, 6.45) is 2.82. The molecule has 4 heteroatoms. The topological polar surface area (TPSA) is 25.4 Å². The highest BCUT2D eigenvalue weighted by molar-refractivity contribution is 7.13. The molecule has 0 spiro atoms. The van der Waals surface area contributed by atoms with Gasteiger partial charge in [0.1, 0.15) is 10.8 Å². The van der Waals surface area contributed by atoms with Gasteiger partial charge in [-0.1, -0.05) is 6.92 Å². The maximum Gasteiger partial charge on any atom is 0.123 e. The van der Waals surface area contributed by atoms with Crippen LogP contribution in [-0.4, -0.2) is 29.6 Å². The van der Waals surface area contributed by atoms with Crippen LogP contribution in [0.15, 0.2) is 29.6 Å². The number of benzene rings is 1. The summed E-state index contributed by atoms with van der Waals surface area (Å²) in [7, 11) is 0. The van der Waals surface area contributed by atoms with Crippen molar-refractivity contribution in [1.29, 1.82) is 0 Å². The van der Waals surface area contributed by atoms with Crippen molar-refractivity contribution >= 4 is 11.3 Å². The van der Waals surface area contributed by atoms with Crippen LogP contribution in [0.2, 0.25) is 0 Å². The summed E-state index contributed by atoms with van der Waals surface area (Å²) in [6.45, 7) is 8.25. The first-order valence-corrected chi connectivity index (χ1v) is 9.06. The fourth-order valence-corrected chi connectivity index (χ4v) is 3.39. The van der Waals surface area contributed by atoms with Crippen molar-refractivity contribution in [2.45, 2.75) is 33.2 Å². The van der Waals surface area contributed by atoms with Gasteiger partial charge in [-0.25, -0.2) is 4.98 Å². The summed E-state index contributed by atoms with van der Waals surface area (Å²) >= 11 is 1.73. The Bertz CT molecular complexity index is 589. The first-order valence-electron chi connectivity index (χ1n) is 8.18. The highest BCUT2D eigenvalue weighted by atomic mass is 32.1. The molecule has 0 amide bonds. The summed E-state index contributed by atoms with van der Waals surface area (Å²) < 4.78 is 5.49. The molecule has 0 saturated heterocycles. The fraction of sp³-hybridized carbons (Fsp3) is 0.500. The van der Waals surface area contributed by atoms with E-state index < -0.39 is 0 Å². The minimum absolute atomic E-state index is 0.703. The first-order chi connectivity index (χ1) is 10.8. The van der Waals surface area contributed by atoms with Crippen LogP contribution in [0.4, 0.5) is 0 Å². The lowest BCUT2D eigenvalue weighted by Crippen LogP contribution is -2.25. The standard InChI is InChI=1S/C18H24N2OS/c1-3-20(11-14-5-6-14)12-16-13-22-18(19-16)15-7-9-17(10-8-15)21-4-2/h7-10,13-14H,3-6,11-12H2,1-2H3. The van der Waals surface area contributed by atoms with E-state index in [4.69, 9.17) is 9.72 Å². The van der Waals surface area contributed by atoms with Gasteiger partial charge in [0, 0.05) is 24.0 Å². The van der Waals surface area contributed by atoms with Crippen molar-refractivity contribution < 1.29 is 4.74 Å². The second-order valence-corrected chi connectivity index (χ2v) is 6.73. The Morgan fingerprint density at radius 3 is 2.64 bits per heavy atom. The molecule has 1 aromatic heterocycles. The van der Waals surface area contributed by atoms with E-state index in [0.717, 1.165) is 29.8 Å². The maximum absolute atomic E-state index is 5.49. The molecule has 0 bridgehead atoms. The van der Waals surface area contributed by atoms with E-state index >= 15 is 0 Å². The predicted molar refractivity (Wildman–Crippen MR) is 92.4 cm³/mol. The Labute approximate surface area is 137 Å². The number of rotatable bonds is 8. The third kappa shape index (κ3) is 4.08. The zero-order chi connectivity index (χ0) is 15.4. The molecule has 1 aliphatic carbocycles. The van der Waals surface area contributed by atoms with Gasteiger partial charge in [0.2, 0.25) is 0 Å². The molecule has 0 aliphatic heterocycles. The zero-order valence-corrected chi connectivity index (χ0v) is 14.2. The summed E-state index contributed by atoms with van der Waals surface area (Å²) in [6, 6.07) is 8.22. The van der Waals surface area contributed by atoms with Crippen LogP contribution in [0.1, 0.15) is 32.4 Å². The molecular formula is C18H24N2OS. The van der Waals surface area contributed by atoms with Crippen molar-refractivity contribution in [1.82, 2.24) is 9.88 Å². The van der Waals surface area contributed by atoms with E-state index in [9.17, 15) is 0 Å². The largest absolute Gasteiger partial charge is 0.494 e. The summed E-state index contributed by atoms with van der Waals surface area (Å²) in [5, 5.41) is 3.29. The fourth-order valence-electron chi connectivity index (χ4n) is 2.57. The summed E-state index contributed by atoms with van der Waals surface area (Å²) in [4.78, 5) is 7.32. The molecule has 1 saturated carbocycles. The molecule has 1 heterocycles. The molecule has 2 aromatic rings. The Hall–Kier alpha value is -1.39. The van der Waals surface area contributed by atoms with Crippen LogP contribution < -0.4 is 4.74 Å². The lowest BCUT2D eigenvalue weighted by molar-refractivity contribution is 0.266. The molecule has 0 atom stereocenters. The average Bonchev–Trinajstić information content (AvgIpc) is 3.23. The maximum atomic E-state index is 5.49. The monoisotopic (exact) mass is 316 g/mol. The van der Waals surface area contributed by atoms with Gasteiger partial charge < -0.3 is 4.74 Å². The van der Waals surface area contributed by atoms with Gasteiger partial charge in [0.05, 0.1) is 12.3 Å². The minimum Gasteiger partial charge on any atom is -0.494 e. The van der Waals surface area contributed by atoms with Crippen LogP contribution in [-0.2, 0) is 6.54 Å². The van der Waals surface area contributed by atoms with Crippen molar-refractivity contribution in [2.24, 2.45) is 5.92 Å². The third-order valence-corrected chi connectivity index (χ3v) is 4.95. The quantitative estimate of drug-likeness (QED) is 0.720. The van der Waals surface area contributed by atoms with Gasteiger partial charge in [-0.05, 0) is 56.5 Å². The second kappa shape index (κ2) is 7.25. The predicted octanol–water partition coefficient (Wildman–Crippen LogP) is 4.44. The van der Waals surface area contributed by atoms with Gasteiger partial charge >= 0.3 is 0 Å². The van der Waals surface area contributed by atoms with Crippen LogP contribution >= 0.6 is 11.3 Å². The highest BCUT2D eigenvalue weighted by Crippen LogP contribution is 2.31. The lowest BCUT2D eigenvalue weighted by Gasteiger charge is -2.18. The van der Waals surface area contributed by atoms with Crippen LogP contribution in [0.25, 0.3) is 10.6 Å². The van der Waals surface area contributed by atoms with E-state index in [2.05, 4.69) is 29.3 Å². The zero-order valence-electron chi connectivity index (χ0n) is 13.4. The van der Waals surface area contributed by atoms with E-state index in [0.29, 0.717) is 6.61 Å². The molecule has 0 radical (unpaired) electrons. The average molecular weight is 316 g/mol. The van der Waals surface area contributed by atoms with Crippen molar-refractivity contribution in [2.75, 3.05) is 19.7 Å². The number of thiazole rings is 1. The molecule has 0 N–H and O–H groups in total. The number of ether oxygens (including phenoxy) is 1. The van der Waals surface area contributed by atoms with Gasteiger partial charge in [0.25, 0.3) is 0 Å². The van der Waals surface area contributed by atoms with E-state index in [1.807, 2.05) is 19.1 Å². The van der Waals surface area contributed by atoms with Crippen LogP contribution in [0.3, 0.4) is 0 Å². The van der Waals surface area contributed by atoms with Gasteiger partial charge in [-0.3, -0.25) is 4.90 Å². The Kier molecular flexibility index (Phi) is 5.11. The SMILES string of the molecule is CCOc1ccc(-c2nc(CN(CC)CC3CC3)cs2)cc1. The van der Waals surface area contributed by atoms with Crippen molar-refractivity contribution in [3.8, 4) is 16.3 Å². The van der Waals surface area contributed by atoms with Gasteiger partial charge in [-0.2, -0.15) is 0 Å². The molecular weight excluding hydrogens is 292 g/mol. The lowest BCUT2D eigenvalue weighted by atomic mass is 10.2. The van der Waals surface area contributed by atoms with E-state index in [-0.39, 0.29) is 0 Å². The molecule has 22 heavy (non-hydrogen) atoms. The Morgan fingerprint density at radius 2 is 2.00 bits per heavy atom. The molecule has 3 rings (SSSR count). The smallest absolute Gasteiger partial charge is 0.123 e. The molecule has 1 fully saturated rings.